The number of nitrogens with one attached hydrogen (secondary N) is 1. The van der Waals surface area contributed by atoms with Crippen LogP contribution in [-0.2, 0) is 10.2 Å². The summed E-state index contributed by atoms with van der Waals surface area (Å²) in [4.78, 5) is 16.2. The lowest BCUT2D eigenvalue weighted by Gasteiger charge is -2.14. The highest BCUT2D eigenvalue weighted by atomic mass is 32.1. The third-order valence-electron chi connectivity index (χ3n) is 2.73. The number of benzene rings is 1. The number of carbonyl (C=O) groups is 1. The van der Waals surface area contributed by atoms with Crippen molar-refractivity contribution in [2.24, 2.45) is 0 Å². The molecule has 3 nitrogen and oxygen atoms in total. The van der Waals surface area contributed by atoms with E-state index in [2.05, 4.69) is 31.1 Å². The minimum Gasteiger partial charge on any atom is -0.298 e. The summed E-state index contributed by atoms with van der Waals surface area (Å²) in [5, 5.41) is 5.41. The maximum absolute atomic E-state index is 11.8. The van der Waals surface area contributed by atoms with Crippen molar-refractivity contribution in [3.05, 3.63) is 53.0 Å². The molecule has 1 N–H and O–H groups in total. The van der Waals surface area contributed by atoms with Gasteiger partial charge in [-0.05, 0) is 11.6 Å². The number of nitrogens with zero attached hydrogens (tertiary/aromatic N) is 1. The second kappa shape index (κ2) is 6.01. The predicted octanol–water partition coefficient (Wildman–Crippen LogP) is 4.09. The standard InChI is InChI=1S/C16H18N2OS/c1-16(2,3)13-11-20-15(17-13)18-14(19)10-9-12-7-5-4-6-8-12/h4-11H,1-3H3,(H,17,18,19). The summed E-state index contributed by atoms with van der Waals surface area (Å²) in [5.74, 6) is -0.163. The molecule has 2 aromatic rings. The number of aromatic nitrogens is 1. The van der Waals surface area contributed by atoms with Crippen LogP contribution in [0.5, 0.6) is 0 Å². The molecule has 0 aliphatic rings. The third kappa shape index (κ3) is 4.03. The van der Waals surface area contributed by atoms with E-state index in [0.29, 0.717) is 5.13 Å². The average Bonchev–Trinajstić information content (AvgIpc) is 2.86. The molecule has 0 bridgehead atoms. The topological polar surface area (TPSA) is 42.0 Å². The zero-order valence-electron chi connectivity index (χ0n) is 11.9. The summed E-state index contributed by atoms with van der Waals surface area (Å²) < 4.78 is 0. The average molecular weight is 286 g/mol. The van der Waals surface area contributed by atoms with Crippen molar-refractivity contribution in [3.8, 4) is 0 Å². The van der Waals surface area contributed by atoms with Crippen molar-refractivity contribution in [1.29, 1.82) is 0 Å². The van der Waals surface area contributed by atoms with Gasteiger partial charge < -0.3 is 0 Å². The van der Waals surface area contributed by atoms with Crippen LogP contribution in [0.4, 0.5) is 5.13 Å². The first-order valence-corrected chi connectivity index (χ1v) is 7.33. The summed E-state index contributed by atoms with van der Waals surface area (Å²) in [6.45, 7) is 6.30. The summed E-state index contributed by atoms with van der Waals surface area (Å²) in [6, 6.07) is 9.72. The van der Waals surface area contributed by atoms with Crippen molar-refractivity contribution in [3.63, 3.8) is 0 Å². The zero-order valence-corrected chi connectivity index (χ0v) is 12.7. The van der Waals surface area contributed by atoms with E-state index in [1.54, 1.807) is 6.08 Å². The van der Waals surface area contributed by atoms with Crippen LogP contribution in [0, 0.1) is 0 Å². The van der Waals surface area contributed by atoms with Gasteiger partial charge in [-0.2, -0.15) is 0 Å². The molecule has 0 fully saturated rings. The molecule has 1 aromatic carbocycles. The monoisotopic (exact) mass is 286 g/mol. The predicted molar refractivity (Wildman–Crippen MR) is 84.9 cm³/mol. The van der Waals surface area contributed by atoms with Crippen molar-refractivity contribution in [2.45, 2.75) is 26.2 Å². The molecule has 1 heterocycles. The van der Waals surface area contributed by atoms with Crippen LogP contribution in [0.3, 0.4) is 0 Å². The van der Waals surface area contributed by atoms with Gasteiger partial charge >= 0.3 is 0 Å². The molecule has 2 rings (SSSR count). The SMILES string of the molecule is CC(C)(C)c1csc(NC(=O)C=Cc2ccccc2)n1. The number of hydrogen-bond acceptors (Lipinski definition) is 3. The lowest BCUT2D eigenvalue weighted by atomic mass is 9.93. The molecule has 0 saturated carbocycles. The lowest BCUT2D eigenvalue weighted by Crippen LogP contribution is -2.12. The van der Waals surface area contributed by atoms with E-state index < -0.39 is 0 Å². The van der Waals surface area contributed by atoms with Gasteiger partial charge in [-0.25, -0.2) is 4.98 Å². The van der Waals surface area contributed by atoms with Crippen molar-refractivity contribution < 1.29 is 4.79 Å². The van der Waals surface area contributed by atoms with E-state index in [4.69, 9.17) is 0 Å². The lowest BCUT2D eigenvalue weighted by molar-refractivity contribution is -0.111. The summed E-state index contributed by atoms with van der Waals surface area (Å²) in [6.07, 6.45) is 3.31. The molecule has 20 heavy (non-hydrogen) atoms. The molecule has 0 spiro atoms. The number of thiazole rings is 1. The van der Waals surface area contributed by atoms with Crippen LogP contribution >= 0.6 is 11.3 Å². The molecular weight excluding hydrogens is 268 g/mol. The summed E-state index contributed by atoms with van der Waals surface area (Å²) in [7, 11) is 0. The molecule has 0 aliphatic heterocycles. The Bertz CT molecular complexity index is 609. The second-order valence-corrected chi connectivity index (χ2v) is 6.38. The Hall–Kier alpha value is -1.94. The van der Waals surface area contributed by atoms with Gasteiger partial charge in [-0.3, -0.25) is 10.1 Å². The van der Waals surface area contributed by atoms with Gasteiger partial charge in [-0.1, -0.05) is 51.1 Å². The van der Waals surface area contributed by atoms with Gasteiger partial charge in [-0.15, -0.1) is 11.3 Å². The largest absolute Gasteiger partial charge is 0.298 e. The maximum atomic E-state index is 11.8. The van der Waals surface area contributed by atoms with Crippen molar-refractivity contribution in [2.75, 3.05) is 5.32 Å². The van der Waals surface area contributed by atoms with Gasteiger partial charge in [0, 0.05) is 16.9 Å². The molecule has 0 atom stereocenters. The Kier molecular flexibility index (Phi) is 4.35. The molecule has 0 aliphatic carbocycles. The first-order valence-electron chi connectivity index (χ1n) is 6.45. The number of rotatable bonds is 3. The summed E-state index contributed by atoms with van der Waals surface area (Å²) >= 11 is 1.45. The molecule has 0 saturated heterocycles. The number of hydrogen-bond donors (Lipinski definition) is 1. The molecule has 1 amide bonds. The zero-order chi connectivity index (χ0) is 14.6. The van der Waals surface area contributed by atoms with E-state index in [0.717, 1.165) is 11.3 Å². The van der Waals surface area contributed by atoms with E-state index >= 15 is 0 Å². The van der Waals surface area contributed by atoms with E-state index in [-0.39, 0.29) is 11.3 Å². The minimum atomic E-state index is -0.163. The maximum Gasteiger partial charge on any atom is 0.250 e. The van der Waals surface area contributed by atoms with Crippen molar-refractivity contribution >= 4 is 28.5 Å². The molecule has 4 heteroatoms. The quantitative estimate of drug-likeness (QED) is 0.863. The number of carbonyl (C=O) groups excluding carboxylic acids is 1. The fourth-order valence-corrected chi connectivity index (χ4v) is 2.50. The van der Waals surface area contributed by atoms with E-state index in [1.165, 1.54) is 17.4 Å². The fourth-order valence-electron chi connectivity index (χ4n) is 1.56. The van der Waals surface area contributed by atoms with Crippen LogP contribution in [-0.4, -0.2) is 10.9 Å². The second-order valence-electron chi connectivity index (χ2n) is 5.52. The molecule has 1 aromatic heterocycles. The first kappa shape index (κ1) is 14.5. The highest BCUT2D eigenvalue weighted by Crippen LogP contribution is 2.26. The molecular formula is C16H18N2OS. The van der Waals surface area contributed by atoms with Gasteiger partial charge in [0.15, 0.2) is 5.13 Å². The van der Waals surface area contributed by atoms with Crippen molar-refractivity contribution in [1.82, 2.24) is 4.98 Å². The number of amides is 1. The Balaban J connectivity index is 1.98. The van der Waals surface area contributed by atoms with Crippen LogP contribution < -0.4 is 5.32 Å². The Labute approximate surface area is 123 Å². The Morgan fingerprint density at radius 1 is 1.25 bits per heavy atom. The van der Waals surface area contributed by atoms with Gasteiger partial charge in [0.05, 0.1) is 5.69 Å². The molecule has 104 valence electrons. The Morgan fingerprint density at radius 3 is 2.55 bits per heavy atom. The highest BCUT2D eigenvalue weighted by Gasteiger charge is 2.17. The Morgan fingerprint density at radius 2 is 1.95 bits per heavy atom. The molecule has 0 unspecified atom stereocenters. The van der Waals surface area contributed by atoms with Gasteiger partial charge in [0.2, 0.25) is 5.91 Å². The van der Waals surface area contributed by atoms with Crippen LogP contribution in [0.15, 0.2) is 41.8 Å². The first-order chi connectivity index (χ1) is 9.45. The van der Waals surface area contributed by atoms with Gasteiger partial charge in [0.25, 0.3) is 0 Å². The molecule has 0 radical (unpaired) electrons. The number of anilines is 1. The smallest absolute Gasteiger partial charge is 0.250 e. The van der Waals surface area contributed by atoms with Crippen LogP contribution in [0.25, 0.3) is 6.08 Å². The highest BCUT2D eigenvalue weighted by molar-refractivity contribution is 7.14. The minimum absolute atomic E-state index is 0.000639. The third-order valence-corrected chi connectivity index (χ3v) is 3.49. The normalized spacial score (nSPS) is 11.8. The fraction of sp³-hybridized carbons (Fsp3) is 0.250. The van der Waals surface area contributed by atoms with Crippen LogP contribution in [0.2, 0.25) is 0 Å². The van der Waals surface area contributed by atoms with E-state index in [9.17, 15) is 4.79 Å². The van der Waals surface area contributed by atoms with E-state index in [1.807, 2.05) is 35.7 Å². The van der Waals surface area contributed by atoms with Crippen LogP contribution in [0.1, 0.15) is 32.0 Å². The van der Waals surface area contributed by atoms with Gasteiger partial charge in [0.1, 0.15) is 0 Å². The summed E-state index contributed by atoms with van der Waals surface area (Å²) in [5.41, 5.74) is 1.99.